The van der Waals surface area contributed by atoms with E-state index in [9.17, 15) is 0 Å². The third-order valence-corrected chi connectivity index (χ3v) is 12.9. The van der Waals surface area contributed by atoms with E-state index in [1.54, 1.807) is 7.11 Å². The van der Waals surface area contributed by atoms with E-state index in [2.05, 4.69) is 0 Å². The molecule has 0 N–H and O–H groups in total. The third-order valence-electron chi connectivity index (χ3n) is 12.9. The Hall–Kier alpha value is -5.90. The Balaban J connectivity index is 1.03. The molecule has 1 unspecified atom stereocenters. The Bertz CT molecular complexity index is 2560. The molecule has 0 aromatic heterocycles. The summed E-state index contributed by atoms with van der Waals surface area (Å²) in [6, 6.07) is 70.4. The molecule has 73 heavy (non-hydrogen) atoms. The molecule has 0 spiro atoms. The van der Waals surface area contributed by atoms with Gasteiger partial charge in [0.15, 0.2) is 12.6 Å². The van der Waals surface area contributed by atoms with Gasteiger partial charge in [-0.25, -0.2) is 0 Å². The quantitative estimate of drug-likeness (QED) is 0.0492. The van der Waals surface area contributed by atoms with E-state index in [0.29, 0.717) is 33.0 Å². The van der Waals surface area contributed by atoms with Gasteiger partial charge in [0.05, 0.1) is 59.5 Å². The summed E-state index contributed by atoms with van der Waals surface area (Å²) in [4.78, 5) is 0. The maximum absolute atomic E-state index is 7.11. The van der Waals surface area contributed by atoms with Crippen molar-refractivity contribution in [2.75, 3.05) is 20.3 Å². The number of hydrogen-bond donors (Lipinski definition) is 0. The zero-order chi connectivity index (χ0) is 49.7. The zero-order valence-corrected chi connectivity index (χ0v) is 41.3. The molecule has 0 saturated carbocycles. The smallest absolute Gasteiger partial charge is 0.187 e. The molecule has 11 nitrogen and oxygen atoms in total. The number of rotatable bonds is 27. The van der Waals surface area contributed by atoms with Crippen LogP contribution in [-0.4, -0.2) is 81.7 Å². The van der Waals surface area contributed by atoms with Gasteiger partial charge in [-0.05, 0) is 38.9 Å². The highest BCUT2D eigenvalue weighted by molar-refractivity contribution is 5.19. The fraction of sp³-hybridized carbons (Fsp3) is 0.323. The second kappa shape index (κ2) is 28.0. The van der Waals surface area contributed by atoms with E-state index < -0.39 is 61.4 Å². The fourth-order valence-electron chi connectivity index (χ4n) is 9.12. The highest BCUT2D eigenvalue weighted by Gasteiger charge is 2.53. The van der Waals surface area contributed by atoms with Crippen LogP contribution in [0, 0.1) is 0 Å². The van der Waals surface area contributed by atoms with E-state index in [1.807, 2.05) is 212 Å². The standard InChI is InChI=1S/C62H66O11/c1-63-61-59(69-42-51-33-19-7-20-34-51)57(67-40-49-29-15-5-16-30-49)55(66-39-48-27-13-4-14-28-48)54(72-61)45-71-62-60(70-43-52-35-21-8-22-36-52)58(68-41-50-31-17-6-18-32-50)56(73-62)53(65-38-47-25-11-3-12-26-47)44-64-37-46-23-9-2-10-24-46/h2-36,53-62H,37-45H2,1H3/t53-,54-,55-,56+,57+,58+,59-,60-,61+,62?/m1/s1. The van der Waals surface area contributed by atoms with Gasteiger partial charge in [-0.2, -0.15) is 0 Å². The zero-order valence-electron chi connectivity index (χ0n) is 41.3. The van der Waals surface area contributed by atoms with Crippen LogP contribution in [0.1, 0.15) is 38.9 Å². The van der Waals surface area contributed by atoms with Crippen LogP contribution in [0.25, 0.3) is 0 Å². The summed E-state index contributed by atoms with van der Waals surface area (Å²) >= 11 is 0. The Labute approximate surface area is 429 Å². The van der Waals surface area contributed by atoms with E-state index >= 15 is 0 Å². The van der Waals surface area contributed by atoms with Crippen molar-refractivity contribution in [1.29, 1.82) is 0 Å². The molecule has 7 aromatic rings. The first-order valence-corrected chi connectivity index (χ1v) is 25.2. The average molecular weight is 987 g/mol. The van der Waals surface area contributed by atoms with Gasteiger partial charge in [-0.15, -0.1) is 0 Å². The largest absolute Gasteiger partial charge is 0.374 e. The Morgan fingerprint density at radius 2 is 0.685 bits per heavy atom. The SMILES string of the molecule is CO[C@H]1O[C@H](COC2O[C@@H]([C@@H](COCc3ccccc3)OCc3ccccc3)[C@H](OCc3ccccc3)[C@H]2OCc2ccccc2)[C@@H](OCc2ccccc2)[C@H](OCc2ccccc2)[C@H]1OCc1ccccc1. The third kappa shape index (κ3) is 15.3. The molecule has 9 rings (SSSR count). The normalized spacial score (nSPS) is 23.3. The first kappa shape index (κ1) is 52.0. The summed E-state index contributed by atoms with van der Waals surface area (Å²) < 4.78 is 74.8. The summed E-state index contributed by atoms with van der Waals surface area (Å²) in [5.41, 5.74) is 7.04. The molecule has 0 radical (unpaired) electrons. The van der Waals surface area contributed by atoms with Crippen molar-refractivity contribution in [2.45, 2.75) is 108 Å². The lowest BCUT2D eigenvalue weighted by Gasteiger charge is -2.45. The van der Waals surface area contributed by atoms with Crippen molar-refractivity contribution in [3.8, 4) is 0 Å². The van der Waals surface area contributed by atoms with Gasteiger partial charge in [0.25, 0.3) is 0 Å². The van der Waals surface area contributed by atoms with Gasteiger partial charge < -0.3 is 52.1 Å². The summed E-state index contributed by atoms with van der Waals surface area (Å²) in [7, 11) is 1.61. The highest BCUT2D eigenvalue weighted by Crippen LogP contribution is 2.36. The van der Waals surface area contributed by atoms with Gasteiger partial charge in [0.1, 0.15) is 48.8 Å². The predicted octanol–water partition coefficient (Wildman–Crippen LogP) is 10.8. The van der Waals surface area contributed by atoms with Crippen molar-refractivity contribution in [1.82, 2.24) is 0 Å². The molecular weight excluding hydrogens is 921 g/mol. The van der Waals surface area contributed by atoms with Crippen LogP contribution in [0.5, 0.6) is 0 Å². The molecule has 2 heterocycles. The molecule has 11 heteroatoms. The molecule has 2 aliphatic heterocycles. The van der Waals surface area contributed by atoms with Crippen molar-refractivity contribution in [2.24, 2.45) is 0 Å². The summed E-state index contributed by atoms with van der Waals surface area (Å²) in [5.74, 6) is 0. The minimum absolute atomic E-state index is 0.00392. The minimum atomic E-state index is -0.957. The Kier molecular flexibility index (Phi) is 19.9. The first-order chi connectivity index (χ1) is 36.2. The topological polar surface area (TPSA) is 102 Å². The molecule has 0 amide bonds. The van der Waals surface area contributed by atoms with Gasteiger partial charge in [-0.3, -0.25) is 0 Å². The maximum atomic E-state index is 7.11. The number of ether oxygens (including phenoxy) is 11. The molecule has 380 valence electrons. The molecule has 2 fully saturated rings. The highest BCUT2D eigenvalue weighted by atomic mass is 16.8. The average Bonchev–Trinajstić information content (AvgIpc) is 3.80. The molecule has 2 saturated heterocycles. The van der Waals surface area contributed by atoms with Crippen LogP contribution in [0.3, 0.4) is 0 Å². The van der Waals surface area contributed by atoms with Crippen LogP contribution in [0.2, 0.25) is 0 Å². The van der Waals surface area contributed by atoms with Crippen molar-refractivity contribution in [3.63, 3.8) is 0 Å². The van der Waals surface area contributed by atoms with Crippen molar-refractivity contribution >= 4 is 0 Å². The van der Waals surface area contributed by atoms with Crippen molar-refractivity contribution < 1.29 is 52.1 Å². The monoisotopic (exact) mass is 986 g/mol. The lowest BCUT2D eigenvalue weighted by atomic mass is 9.97. The van der Waals surface area contributed by atoms with Crippen molar-refractivity contribution in [3.05, 3.63) is 251 Å². The Morgan fingerprint density at radius 3 is 1.10 bits per heavy atom. The molecule has 0 bridgehead atoms. The fourth-order valence-corrected chi connectivity index (χ4v) is 9.12. The maximum Gasteiger partial charge on any atom is 0.187 e. The minimum Gasteiger partial charge on any atom is -0.374 e. The Morgan fingerprint density at radius 1 is 0.342 bits per heavy atom. The summed E-state index contributed by atoms with van der Waals surface area (Å²) in [5, 5.41) is 0. The summed E-state index contributed by atoms with van der Waals surface area (Å²) in [6.07, 6.45) is -7.29. The van der Waals surface area contributed by atoms with E-state index in [4.69, 9.17) is 52.1 Å². The first-order valence-electron chi connectivity index (χ1n) is 25.2. The van der Waals surface area contributed by atoms with Gasteiger partial charge in [0.2, 0.25) is 0 Å². The lowest BCUT2D eigenvalue weighted by Crippen LogP contribution is -2.61. The second-order valence-corrected chi connectivity index (χ2v) is 18.2. The van der Waals surface area contributed by atoms with Crippen LogP contribution in [-0.2, 0) is 98.4 Å². The van der Waals surface area contributed by atoms with Crippen LogP contribution in [0.4, 0.5) is 0 Å². The van der Waals surface area contributed by atoms with Gasteiger partial charge in [-0.1, -0.05) is 212 Å². The summed E-state index contributed by atoms with van der Waals surface area (Å²) in [6.45, 7) is 2.36. The number of hydrogen-bond acceptors (Lipinski definition) is 11. The van der Waals surface area contributed by atoms with Crippen LogP contribution < -0.4 is 0 Å². The molecule has 2 aliphatic rings. The molecule has 10 atom stereocenters. The lowest BCUT2D eigenvalue weighted by molar-refractivity contribution is -0.329. The number of methoxy groups -OCH3 is 1. The van der Waals surface area contributed by atoms with Crippen LogP contribution >= 0.6 is 0 Å². The van der Waals surface area contributed by atoms with Gasteiger partial charge in [0, 0.05) is 7.11 Å². The van der Waals surface area contributed by atoms with E-state index in [1.165, 1.54) is 0 Å². The second-order valence-electron chi connectivity index (χ2n) is 18.2. The van der Waals surface area contributed by atoms with Gasteiger partial charge >= 0.3 is 0 Å². The van der Waals surface area contributed by atoms with Crippen LogP contribution in [0.15, 0.2) is 212 Å². The van der Waals surface area contributed by atoms with E-state index in [0.717, 1.165) is 38.9 Å². The molecular formula is C62H66O11. The number of benzene rings is 7. The van der Waals surface area contributed by atoms with E-state index in [-0.39, 0.29) is 26.4 Å². The molecule has 7 aromatic carbocycles. The molecule has 0 aliphatic carbocycles. The predicted molar refractivity (Wildman–Crippen MR) is 276 cm³/mol.